The van der Waals surface area contributed by atoms with Gasteiger partial charge in [-0.2, -0.15) is 0 Å². The third-order valence-electron chi connectivity index (χ3n) is 4.68. The summed E-state index contributed by atoms with van der Waals surface area (Å²) in [7, 11) is -1.12. The topological polar surface area (TPSA) is 55.7 Å². The molecule has 0 saturated carbocycles. The fraction of sp³-hybridized carbons (Fsp3) is 1.00. The summed E-state index contributed by atoms with van der Waals surface area (Å²) in [5, 5.41) is 21.5. The number of hydrogen-bond acceptors (Lipinski definition) is 4. The molecule has 2 aliphatic rings. The van der Waals surface area contributed by atoms with E-state index in [1.165, 1.54) is 58.2 Å². The smallest absolute Gasteiger partial charge is 0.427 e. The number of piperidine rings is 2. The van der Waals surface area contributed by atoms with E-state index in [0.29, 0.717) is 18.3 Å². The van der Waals surface area contributed by atoms with Crippen LogP contribution in [-0.2, 0) is 0 Å². The lowest BCUT2D eigenvalue weighted by Crippen LogP contribution is -2.41. The maximum absolute atomic E-state index is 8.96. The number of likely N-dealkylation sites (tertiary alicyclic amines) is 1. The molecule has 5 heteroatoms. The Morgan fingerprint density at radius 1 is 1.11 bits per heavy atom. The first-order valence-corrected chi connectivity index (χ1v) is 8.06. The van der Waals surface area contributed by atoms with Gasteiger partial charge in [-0.15, -0.1) is 0 Å². The average molecular weight is 268 g/mol. The molecule has 19 heavy (non-hydrogen) atoms. The van der Waals surface area contributed by atoms with Gasteiger partial charge in [0.05, 0.1) is 0 Å². The molecule has 0 aliphatic carbocycles. The van der Waals surface area contributed by atoms with Crippen molar-refractivity contribution in [1.82, 2.24) is 10.2 Å². The molecule has 0 bridgehead atoms. The van der Waals surface area contributed by atoms with Crippen molar-refractivity contribution in [2.75, 3.05) is 26.2 Å². The lowest BCUT2D eigenvalue weighted by molar-refractivity contribution is 0.199. The summed E-state index contributed by atoms with van der Waals surface area (Å²) in [6, 6.07) is 0.636. The highest BCUT2D eigenvalue weighted by atomic mass is 16.4. The molecule has 2 unspecified atom stereocenters. The van der Waals surface area contributed by atoms with Gasteiger partial charge >= 0.3 is 7.12 Å². The second-order valence-electron chi connectivity index (χ2n) is 6.29. The van der Waals surface area contributed by atoms with Crippen molar-refractivity contribution in [1.29, 1.82) is 0 Å². The zero-order valence-corrected chi connectivity index (χ0v) is 12.1. The fourth-order valence-corrected chi connectivity index (χ4v) is 3.48. The van der Waals surface area contributed by atoms with Crippen LogP contribution in [0.2, 0.25) is 6.32 Å². The molecule has 2 fully saturated rings. The SMILES string of the molecule is OB(O)CCC1CCNC(CCN2CCCCC2)C1. The van der Waals surface area contributed by atoms with Gasteiger partial charge in [0.1, 0.15) is 0 Å². The van der Waals surface area contributed by atoms with Gasteiger partial charge in [-0.25, -0.2) is 0 Å². The highest BCUT2D eigenvalue weighted by Crippen LogP contribution is 2.23. The van der Waals surface area contributed by atoms with E-state index >= 15 is 0 Å². The molecule has 4 nitrogen and oxygen atoms in total. The lowest BCUT2D eigenvalue weighted by atomic mass is 9.77. The number of rotatable bonds is 6. The molecule has 2 rings (SSSR count). The van der Waals surface area contributed by atoms with Crippen LogP contribution in [0.1, 0.15) is 44.9 Å². The van der Waals surface area contributed by atoms with E-state index in [9.17, 15) is 0 Å². The van der Waals surface area contributed by atoms with E-state index in [0.717, 1.165) is 13.0 Å². The normalized spacial score (nSPS) is 29.4. The van der Waals surface area contributed by atoms with Gasteiger partial charge in [-0.1, -0.05) is 12.8 Å². The van der Waals surface area contributed by atoms with Crippen molar-refractivity contribution in [3.63, 3.8) is 0 Å². The molecular weight excluding hydrogens is 239 g/mol. The summed E-state index contributed by atoms with van der Waals surface area (Å²) in [5.74, 6) is 0.675. The first kappa shape index (κ1) is 15.3. The molecule has 3 N–H and O–H groups in total. The van der Waals surface area contributed by atoms with Crippen molar-refractivity contribution in [3.05, 3.63) is 0 Å². The van der Waals surface area contributed by atoms with Crippen LogP contribution in [0.4, 0.5) is 0 Å². The summed E-state index contributed by atoms with van der Waals surface area (Å²) >= 11 is 0. The Kier molecular flexibility index (Phi) is 6.64. The van der Waals surface area contributed by atoms with Crippen LogP contribution < -0.4 is 5.32 Å². The standard InChI is InChI=1S/C14H29BN2O2/c18-15(19)7-4-13-5-8-16-14(12-13)6-11-17-9-2-1-3-10-17/h13-14,16,18-19H,1-12H2. The van der Waals surface area contributed by atoms with Gasteiger partial charge in [0.25, 0.3) is 0 Å². The van der Waals surface area contributed by atoms with Crippen LogP contribution in [0, 0.1) is 5.92 Å². The average Bonchev–Trinajstić information content (AvgIpc) is 2.44. The van der Waals surface area contributed by atoms with Gasteiger partial charge in [0.2, 0.25) is 0 Å². The fourth-order valence-electron chi connectivity index (χ4n) is 3.48. The Labute approximate surface area is 117 Å². The predicted octanol–water partition coefficient (Wildman–Crippen LogP) is 1.09. The van der Waals surface area contributed by atoms with E-state index in [1.807, 2.05) is 0 Å². The maximum Gasteiger partial charge on any atom is 0.451 e. The third-order valence-corrected chi connectivity index (χ3v) is 4.68. The van der Waals surface area contributed by atoms with Gasteiger partial charge in [-0.3, -0.25) is 0 Å². The minimum atomic E-state index is -1.12. The van der Waals surface area contributed by atoms with Crippen LogP contribution in [0.25, 0.3) is 0 Å². The predicted molar refractivity (Wildman–Crippen MR) is 79.0 cm³/mol. The number of nitrogens with zero attached hydrogens (tertiary/aromatic N) is 1. The van der Waals surface area contributed by atoms with Crippen LogP contribution in [0.5, 0.6) is 0 Å². The van der Waals surface area contributed by atoms with E-state index < -0.39 is 7.12 Å². The molecule has 2 heterocycles. The Morgan fingerprint density at radius 2 is 1.89 bits per heavy atom. The molecule has 0 amide bonds. The largest absolute Gasteiger partial charge is 0.451 e. The van der Waals surface area contributed by atoms with E-state index in [1.54, 1.807) is 0 Å². The van der Waals surface area contributed by atoms with E-state index in [2.05, 4.69) is 10.2 Å². The first-order chi connectivity index (χ1) is 9.24. The van der Waals surface area contributed by atoms with Crippen LogP contribution in [0.15, 0.2) is 0 Å². The van der Waals surface area contributed by atoms with Gasteiger partial charge in [0.15, 0.2) is 0 Å². The van der Waals surface area contributed by atoms with Crippen molar-refractivity contribution in [3.8, 4) is 0 Å². The molecular formula is C14H29BN2O2. The second kappa shape index (κ2) is 8.25. The van der Waals surface area contributed by atoms with Crippen molar-refractivity contribution < 1.29 is 10.0 Å². The van der Waals surface area contributed by atoms with Crippen molar-refractivity contribution in [2.24, 2.45) is 5.92 Å². The quantitative estimate of drug-likeness (QED) is 0.631. The Bertz CT molecular complexity index is 248. The highest BCUT2D eigenvalue weighted by molar-refractivity contribution is 6.40. The molecule has 0 aromatic rings. The minimum absolute atomic E-state index is 0.531. The van der Waals surface area contributed by atoms with Crippen molar-refractivity contribution >= 4 is 7.12 Å². The molecule has 2 aliphatic heterocycles. The number of nitrogens with one attached hydrogen (secondary N) is 1. The van der Waals surface area contributed by atoms with Gasteiger partial charge in [0, 0.05) is 6.04 Å². The van der Waals surface area contributed by atoms with Crippen LogP contribution >= 0.6 is 0 Å². The Hall–Kier alpha value is -0.0951. The summed E-state index contributed by atoms with van der Waals surface area (Å²) in [6.07, 6.45) is 9.28. The highest BCUT2D eigenvalue weighted by Gasteiger charge is 2.23. The molecule has 0 aromatic heterocycles. The summed E-state index contributed by atoms with van der Waals surface area (Å²) in [6.45, 7) is 4.89. The van der Waals surface area contributed by atoms with E-state index in [4.69, 9.17) is 10.0 Å². The Balaban J connectivity index is 1.62. The molecule has 0 spiro atoms. The Morgan fingerprint density at radius 3 is 2.63 bits per heavy atom. The zero-order chi connectivity index (χ0) is 13.5. The molecule has 110 valence electrons. The first-order valence-electron chi connectivity index (χ1n) is 8.06. The van der Waals surface area contributed by atoms with Gasteiger partial charge < -0.3 is 20.3 Å². The van der Waals surface area contributed by atoms with Crippen LogP contribution in [-0.4, -0.2) is 54.3 Å². The summed E-state index contributed by atoms with van der Waals surface area (Å²) in [5.41, 5.74) is 0. The third kappa shape index (κ3) is 5.82. The maximum atomic E-state index is 8.96. The summed E-state index contributed by atoms with van der Waals surface area (Å²) in [4.78, 5) is 2.60. The molecule has 0 radical (unpaired) electrons. The minimum Gasteiger partial charge on any atom is -0.427 e. The number of hydrogen-bond donors (Lipinski definition) is 3. The second-order valence-corrected chi connectivity index (χ2v) is 6.29. The summed E-state index contributed by atoms with van der Waals surface area (Å²) < 4.78 is 0. The van der Waals surface area contributed by atoms with Gasteiger partial charge in [-0.05, 0) is 70.5 Å². The van der Waals surface area contributed by atoms with Crippen LogP contribution in [0.3, 0.4) is 0 Å². The van der Waals surface area contributed by atoms with Crippen molar-refractivity contribution in [2.45, 2.75) is 57.3 Å². The molecule has 2 atom stereocenters. The molecule has 0 aromatic carbocycles. The molecule has 2 saturated heterocycles. The zero-order valence-electron chi connectivity index (χ0n) is 12.1. The monoisotopic (exact) mass is 268 g/mol. The van der Waals surface area contributed by atoms with E-state index in [-0.39, 0.29) is 0 Å². The lowest BCUT2D eigenvalue weighted by Gasteiger charge is -2.33.